The third-order valence-electron chi connectivity index (χ3n) is 3.77. The van der Waals surface area contributed by atoms with Crippen LogP contribution in [-0.4, -0.2) is 15.0 Å². The largest absolute Gasteiger partial charge is 0.340 e. The van der Waals surface area contributed by atoms with Gasteiger partial charge in [0.05, 0.1) is 5.69 Å². The summed E-state index contributed by atoms with van der Waals surface area (Å²) >= 11 is 0. The van der Waals surface area contributed by atoms with E-state index in [0.29, 0.717) is 17.9 Å². The molecule has 0 aliphatic rings. The number of hydrogen-bond acceptors (Lipinski definition) is 2. The van der Waals surface area contributed by atoms with Gasteiger partial charge in [-0.15, -0.1) is 0 Å². The Hall–Kier alpha value is -2.82. The Bertz CT molecular complexity index is 906. The van der Waals surface area contributed by atoms with E-state index in [1.54, 1.807) is 16.8 Å². The van der Waals surface area contributed by atoms with Crippen molar-refractivity contribution in [3.63, 3.8) is 0 Å². The molecule has 5 heteroatoms. The molecule has 1 amide bonds. The smallest absolute Gasteiger partial charge is 0.272 e. The van der Waals surface area contributed by atoms with Gasteiger partial charge in [0.15, 0.2) is 0 Å². The summed E-state index contributed by atoms with van der Waals surface area (Å²) in [5.74, 6) is -0.194. The van der Waals surface area contributed by atoms with Crippen molar-refractivity contribution in [2.24, 2.45) is 7.05 Å². The predicted octanol–water partition coefficient (Wildman–Crippen LogP) is 2.61. The Labute approximate surface area is 127 Å². The number of rotatable bonds is 3. The van der Waals surface area contributed by atoms with Crippen LogP contribution >= 0.6 is 0 Å². The van der Waals surface area contributed by atoms with Gasteiger partial charge in [-0.3, -0.25) is 9.59 Å². The summed E-state index contributed by atoms with van der Waals surface area (Å²) in [4.78, 5) is 24.0. The fourth-order valence-electron chi connectivity index (χ4n) is 2.55. The number of anilines is 1. The standard InChI is InChI=1S/C17H17N3O2/c1-3-20-11-13(8-9-16(20)21)18-17(22)15-10-12-6-4-5-7-14(12)19(15)2/h4-11H,3H2,1-2H3,(H,18,22). The molecule has 0 radical (unpaired) electrons. The summed E-state index contributed by atoms with van der Waals surface area (Å²) in [5, 5.41) is 3.86. The number of carbonyl (C=O) groups excluding carboxylic acids is 1. The van der Waals surface area contributed by atoms with Crippen molar-refractivity contribution in [3.8, 4) is 0 Å². The van der Waals surface area contributed by atoms with E-state index < -0.39 is 0 Å². The van der Waals surface area contributed by atoms with E-state index in [0.717, 1.165) is 10.9 Å². The van der Waals surface area contributed by atoms with Crippen LogP contribution in [0.25, 0.3) is 10.9 Å². The molecule has 0 spiro atoms. The van der Waals surface area contributed by atoms with Crippen molar-refractivity contribution < 1.29 is 4.79 Å². The highest BCUT2D eigenvalue weighted by Crippen LogP contribution is 2.19. The molecule has 1 aromatic carbocycles. The SMILES string of the molecule is CCn1cc(NC(=O)c2cc3ccccc3n2C)ccc1=O. The second kappa shape index (κ2) is 5.52. The molecule has 5 nitrogen and oxygen atoms in total. The average Bonchev–Trinajstić information content (AvgIpc) is 2.87. The molecule has 2 aromatic heterocycles. The van der Waals surface area contributed by atoms with Gasteiger partial charge in [0.25, 0.3) is 11.5 Å². The summed E-state index contributed by atoms with van der Waals surface area (Å²) in [6.45, 7) is 2.45. The molecule has 0 saturated carbocycles. The molecule has 0 bridgehead atoms. The lowest BCUT2D eigenvalue weighted by Crippen LogP contribution is -2.20. The van der Waals surface area contributed by atoms with E-state index in [1.165, 1.54) is 6.07 Å². The Morgan fingerprint density at radius 3 is 2.68 bits per heavy atom. The highest BCUT2D eigenvalue weighted by atomic mass is 16.2. The normalized spacial score (nSPS) is 10.8. The van der Waals surface area contributed by atoms with Crippen LogP contribution in [0.3, 0.4) is 0 Å². The third-order valence-corrected chi connectivity index (χ3v) is 3.77. The molecule has 0 fully saturated rings. The van der Waals surface area contributed by atoms with Gasteiger partial charge in [0.1, 0.15) is 5.69 Å². The molecule has 112 valence electrons. The summed E-state index contributed by atoms with van der Waals surface area (Å²) in [6, 6.07) is 12.8. The second-order valence-electron chi connectivity index (χ2n) is 5.14. The maximum Gasteiger partial charge on any atom is 0.272 e. The first kappa shape index (κ1) is 14.1. The van der Waals surface area contributed by atoms with Crippen molar-refractivity contribution in [1.82, 2.24) is 9.13 Å². The van der Waals surface area contributed by atoms with E-state index in [4.69, 9.17) is 0 Å². The zero-order valence-corrected chi connectivity index (χ0v) is 12.5. The van der Waals surface area contributed by atoms with E-state index in [2.05, 4.69) is 5.32 Å². The fourth-order valence-corrected chi connectivity index (χ4v) is 2.55. The molecule has 0 aliphatic carbocycles. The average molecular weight is 295 g/mol. The maximum atomic E-state index is 12.5. The van der Waals surface area contributed by atoms with Gasteiger partial charge in [-0.25, -0.2) is 0 Å². The zero-order chi connectivity index (χ0) is 15.7. The number of hydrogen-bond donors (Lipinski definition) is 1. The number of amides is 1. The molecule has 0 unspecified atom stereocenters. The van der Waals surface area contributed by atoms with E-state index in [-0.39, 0.29) is 11.5 Å². The molecule has 2 heterocycles. The lowest BCUT2D eigenvalue weighted by molar-refractivity contribution is 0.101. The fraction of sp³-hybridized carbons (Fsp3) is 0.176. The van der Waals surface area contributed by atoms with Gasteiger partial charge in [-0.2, -0.15) is 0 Å². The number of nitrogens with one attached hydrogen (secondary N) is 1. The first-order chi connectivity index (χ1) is 10.6. The number of pyridine rings is 1. The lowest BCUT2D eigenvalue weighted by atomic mass is 10.2. The number of aryl methyl sites for hydroxylation is 2. The summed E-state index contributed by atoms with van der Waals surface area (Å²) in [6.07, 6.45) is 1.66. The first-order valence-corrected chi connectivity index (χ1v) is 7.16. The molecule has 3 aromatic rings. The van der Waals surface area contributed by atoms with Crippen molar-refractivity contribution >= 4 is 22.5 Å². The Balaban J connectivity index is 1.93. The van der Waals surface area contributed by atoms with Crippen LogP contribution in [-0.2, 0) is 13.6 Å². The van der Waals surface area contributed by atoms with Crippen molar-refractivity contribution in [1.29, 1.82) is 0 Å². The lowest BCUT2D eigenvalue weighted by Gasteiger charge is -2.08. The van der Waals surface area contributed by atoms with Crippen LogP contribution in [0.1, 0.15) is 17.4 Å². The van der Waals surface area contributed by atoms with E-state index >= 15 is 0 Å². The molecule has 0 atom stereocenters. The van der Waals surface area contributed by atoms with Gasteiger partial charge < -0.3 is 14.5 Å². The number of nitrogens with zero attached hydrogens (tertiary/aromatic N) is 2. The molecular formula is C17H17N3O2. The third kappa shape index (κ3) is 2.41. The topological polar surface area (TPSA) is 56.0 Å². The van der Waals surface area contributed by atoms with E-state index in [1.807, 2.05) is 48.9 Å². The van der Waals surface area contributed by atoms with Gasteiger partial charge in [0.2, 0.25) is 0 Å². The summed E-state index contributed by atoms with van der Waals surface area (Å²) < 4.78 is 3.41. The Kier molecular flexibility index (Phi) is 3.55. The highest BCUT2D eigenvalue weighted by molar-refractivity contribution is 6.06. The highest BCUT2D eigenvalue weighted by Gasteiger charge is 2.13. The minimum Gasteiger partial charge on any atom is -0.340 e. The number of carbonyl (C=O) groups is 1. The minimum atomic E-state index is -0.194. The predicted molar refractivity (Wildman–Crippen MR) is 87.2 cm³/mol. The van der Waals surface area contributed by atoms with Crippen LogP contribution in [0.15, 0.2) is 53.5 Å². The molecular weight excluding hydrogens is 278 g/mol. The number of para-hydroxylation sites is 1. The number of benzene rings is 1. The number of fused-ring (bicyclic) bond motifs is 1. The maximum absolute atomic E-state index is 12.5. The Morgan fingerprint density at radius 1 is 1.18 bits per heavy atom. The molecule has 3 rings (SSSR count). The van der Waals surface area contributed by atoms with Crippen LogP contribution in [0.4, 0.5) is 5.69 Å². The summed E-state index contributed by atoms with van der Waals surface area (Å²) in [5.41, 5.74) is 2.11. The van der Waals surface area contributed by atoms with Gasteiger partial charge in [-0.05, 0) is 25.1 Å². The van der Waals surface area contributed by atoms with Crippen molar-refractivity contribution in [3.05, 3.63) is 64.7 Å². The number of aromatic nitrogens is 2. The van der Waals surface area contributed by atoms with Crippen LogP contribution in [0.5, 0.6) is 0 Å². The second-order valence-corrected chi connectivity index (χ2v) is 5.14. The van der Waals surface area contributed by atoms with Gasteiger partial charge in [-0.1, -0.05) is 18.2 Å². The van der Waals surface area contributed by atoms with Crippen LogP contribution < -0.4 is 10.9 Å². The van der Waals surface area contributed by atoms with Crippen molar-refractivity contribution in [2.45, 2.75) is 13.5 Å². The molecule has 1 N–H and O–H groups in total. The van der Waals surface area contributed by atoms with Crippen LogP contribution in [0.2, 0.25) is 0 Å². The molecule has 0 saturated heterocycles. The quantitative estimate of drug-likeness (QED) is 0.807. The minimum absolute atomic E-state index is 0.0786. The first-order valence-electron chi connectivity index (χ1n) is 7.16. The summed E-state index contributed by atoms with van der Waals surface area (Å²) in [7, 11) is 1.87. The molecule has 0 aliphatic heterocycles. The van der Waals surface area contributed by atoms with Gasteiger partial charge >= 0.3 is 0 Å². The molecule has 22 heavy (non-hydrogen) atoms. The zero-order valence-electron chi connectivity index (χ0n) is 12.5. The van der Waals surface area contributed by atoms with Crippen molar-refractivity contribution in [2.75, 3.05) is 5.32 Å². The monoisotopic (exact) mass is 295 g/mol. The van der Waals surface area contributed by atoms with Gasteiger partial charge in [0, 0.05) is 36.8 Å². The Morgan fingerprint density at radius 2 is 1.95 bits per heavy atom. The van der Waals surface area contributed by atoms with Crippen LogP contribution in [0, 0.1) is 0 Å². The van der Waals surface area contributed by atoms with E-state index in [9.17, 15) is 9.59 Å².